The molecule has 0 aromatic heterocycles. The first-order chi connectivity index (χ1) is 15.6. The average molecular weight is 489 g/mol. The van der Waals surface area contributed by atoms with E-state index < -0.39 is 104 Å². The van der Waals surface area contributed by atoms with Gasteiger partial charge in [0.2, 0.25) is 23.6 Å². The minimum absolute atomic E-state index is 0.419. The monoisotopic (exact) mass is 489 g/mol. The summed E-state index contributed by atoms with van der Waals surface area (Å²) < 4.78 is 0. The first-order valence-corrected chi connectivity index (χ1v) is 10.3. The number of carboxylic acids is 3. The molecule has 4 amide bonds. The van der Waals surface area contributed by atoms with Gasteiger partial charge in [0.15, 0.2) is 0 Å². The molecule has 0 heterocycles. The predicted octanol–water partition coefficient (Wildman–Crippen LogP) is -2.89. The molecule has 0 aliphatic rings. The number of carbonyl (C=O) groups excluding carboxylic acids is 4. The molecule has 10 N–H and O–H groups in total. The minimum Gasteiger partial charge on any atom is -0.481 e. The van der Waals surface area contributed by atoms with Crippen molar-refractivity contribution in [2.45, 2.75) is 70.1 Å². The number of carbonyl (C=O) groups is 7. The maximum atomic E-state index is 12.8. The molecule has 4 atom stereocenters. The van der Waals surface area contributed by atoms with Crippen LogP contribution in [0.15, 0.2) is 0 Å². The molecule has 15 heteroatoms. The standard InChI is InChI=1S/C19H31N5O10/c1-8(2)15(19(33)34)24-18(32)11(4-6-14(28)29)23-17(31)10(3-5-13(26)27)22-16(30)9(20)7-12(21)25/h8-11,15H,3-7,20H2,1-2H3,(H2,21,25)(H,22,30)(H,23,31)(H,24,32)(H,26,27)(H,28,29)(H,33,34). The van der Waals surface area contributed by atoms with Gasteiger partial charge in [0, 0.05) is 12.8 Å². The van der Waals surface area contributed by atoms with Crippen molar-refractivity contribution in [2.24, 2.45) is 17.4 Å². The fraction of sp³-hybridized carbons (Fsp3) is 0.632. The van der Waals surface area contributed by atoms with Crippen LogP contribution in [0, 0.1) is 5.92 Å². The highest BCUT2D eigenvalue weighted by Crippen LogP contribution is 2.07. The molecule has 0 spiro atoms. The Labute approximate surface area is 194 Å². The quantitative estimate of drug-likeness (QED) is 0.109. The van der Waals surface area contributed by atoms with Gasteiger partial charge in [0.25, 0.3) is 0 Å². The van der Waals surface area contributed by atoms with E-state index in [1.165, 1.54) is 13.8 Å². The smallest absolute Gasteiger partial charge is 0.326 e. The van der Waals surface area contributed by atoms with Crippen LogP contribution in [0.25, 0.3) is 0 Å². The van der Waals surface area contributed by atoms with E-state index in [0.717, 1.165) is 0 Å². The van der Waals surface area contributed by atoms with Gasteiger partial charge in [0.1, 0.15) is 18.1 Å². The number of nitrogens with two attached hydrogens (primary N) is 2. The lowest BCUT2D eigenvalue weighted by atomic mass is 10.0. The number of rotatable bonds is 16. The van der Waals surface area contributed by atoms with Gasteiger partial charge >= 0.3 is 17.9 Å². The van der Waals surface area contributed by atoms with E-state index in [2.05, 4.69) is 16.0 Å². The Morgan fingerprint density at radius 2 is 1.15 bits per heavy atom. The van der Waals surface area contributed by atoms with Crippen molar-refractivity contribution in [3.05, 3.63) is 0 Å². The molecule has 0 aromatic carbocycles. The largest absolute Gasteiger partial charge is 0.481 e. The number of carboxylic acid groups (broad SMARTS) is 3. The molecule has 0 saturated carbocycles. The molecule has 192 valence electrons. The van der Waals surface area contributed by atoms with E-state index >= 15 is 0 Å². The van der Waals surface area contributed by atoms with Gasteiger partial charge < -0.3 is 42.7 Å². The summed E-state index contributed by atoms with van der Waals surface area (Å²) in [7, 11) is 0. The average Bonchev–Trinajstić information content (AvgIpc) is 2.70. The fourth-order valence-corrected chi connectivity index (χ4v) is 2.70. The minimum atomic E-state index is -1.51. The Morgan fingerprint density at radius 3 is 1.50 bits per heavy atom. The summed E-state index contributed by atoms with van der Waals surface area (Å²) >= 11 is 0. The van der Waals surface area contributed by atoms with Crippen LogP contribution in [-0.2, 0) is 33.6 Å². The lowest BCUT2D eigenvalue weighted by Crippen LogP contribution is -2.57. The maximum Gasteiger partial charge on any atom is 0.326 e. The fourth-order valence-electron chi connectivity index (χ4n) is 2.70. The van der Waals surface area contributed by atoms with Crippen LogP contribution in [-0.4, -0.2) is 81.0 Å². The van der Waals surface area contributed by atoms with Crippen molar-refractivity contribution in [3.8, 4) is 0 Å². The maximum absolute atomic E-state index is 12.8. The third-order valence-electron chi connectivity index (χ3n) is 4.55. The summed E-state index contributed by atoms with van der Waals surface area (Å²) in [5.41, 5.74) is 10.5. The summed E-state index contributed by atoms with van der Waals surface area (Å²) in [6.45, 7) is 3.05. The van der Waals surface area contributed by atoms with Gasteiger partial charge in [-0.25, -0.2) is 4.79 Å². The number of hydrogen-bond acceptors (Lipinski definition) is 8. The van der Waals surface area contributed by atoms with Gasteiger partial charge in [-0.15, -0.1) is 0 Å². The zero-order valence-corrected chi connectivity index (χ0v) is 18.8. The second-order valence-corrected chi connectivity index (χ2v) is 7.83. The molecular weight excluding hydrogens is 458 g/mol. The molecular formula is C19H31N5O10. The molecule has 0 aliphatic carbocycles. The van der Waals surface area contributed by atoms with Gasteiger partial charge in [-0.2, -0.15) is 0 Å². The lowest BCUT2D eigenvalue weighted by molar-refractivity contribution is -0.144. The van der Waals surface area contributed by atoms with E-state index in [1.807, 2.05) is 0 Å². The Kier molecular flexibility index (Phi) is 12.8. The Hall–Kier alpha value is -3.75. The molecule has 0 saturated heterocycles. The van der Waals surface area contributed by atoms with E-state index in [4.69, 9.17) is 21.7 Å². The van der Waals surface area contributed by atoms with E-state index in [9.17, 15) is 38.7 Å². The highest BCUT2D eigenvalue weighted by atomic mass is 16.4. The van der Waals surface area contributed by atoms with Crippen LogP contribution >= 0.6 is 0 Å². The highest BCUT2D eigenvalue weighted by molar-refractivity contribution is 5.95. The van der Waals surface area contributed by atoms with E-state index in [0.29, 0.717) is 0 Å². The molecule has 0 aliphatic heterocycles. The molecule has 0 bridgehead atoms. The number of hydrogen-bond donors (Lipinski definition) is 8. The third-order valence-corrected chi connectivity index (χ3v) is 4.55. The Balaban J connectivity index is 5.64. The van der Waals surface area contributed by atoms with Crippen LogP contribution in [0.3, 0.4) is 0 Å². The van der Waals surface area contributed by atoms with Crippen LogP contribution in [0.4, 0.5) is 0 Å². The predicted molar refractivity (Wildman–Crippen MR) is 114 cm³/mol. The molecule has 15 nitrogen and oxygen atoms in total. The zero-order valence-electron chi connectivity index (χ0n) is 18.8. The van der Waals surface area contributed by atoms with Crippen molar-refractivity contribution in [3.63, 3.8) is 0 Å². The number of primary amides is 1. The Morgan fingerprint density at radius 1 is 0.735 bits per heavy atom. The normalized spacial score (nSPS) is 14.2. The number of aliphatic carboxylic acids is 3. The first kappa shape index (κ1) is 30.2. The first-order valence-electron chi connectivity index (χ1n) is 10.3. The summed E-state index contributed by atoms with van der Waals surface area (Å²) in [5.74, 6) is -8.37. The van der Waals surface area contributed by atoms with E-state index in [-0.39, 0.29) is 0 Å². The van der Waals surface area contributed by atoms with Crippen LogP contribution in [0.5, 0.6) is 0 Å². The lowest BCUT2D eigenvalue weighted by Gasteiger charge is -2.25. The van der Waals surface area contributed by atoms with Gasteiger partial charge in [-0.05, 0) is 18.8 Å². The molecule has 4 unspecified atom stereocenters. The third kappa shape index (κ3) is 11.8. The van der Waals surface area contributed by atoms with Gasteiger partial charge in [-0.1, -0.05) is 13.8 Å². The summed E-state index contributed by atoms with van der Waals surface area (Å²) in [6, 6.07) is -5.77. The molecule has 0 rings (SSSR count). The van der Waals surface area contributed by atoms with Crippen molar-refractivity contribution in [1.82, 2.24) is 16.0 Å². The molecule has 0 radical (unpaired) electrons. The van der Waals surface area contributed by atoms with Gasteiger partial charge in [0.05, 0.1) is 12.5 Å². The van der Waals surface area contributed by atoms with Crippen LogP contribution < -0.4 is 27.4 Å². The second-order valence-electron chi connectivity index (χ2n) is 7.83. The topological polar surface area (TPSA) is 268 Å². The highest BCUT2D eigenvalue weighted by Gasteiger charge is 2.32. The molecule has 34 heavy (non-hydrogen) atoms. The van der Waals surface area contributed by atoms with Crippen molar-refractivity contribution >= 4 is 41.5 Å². The zero-order chi connectivity index (χ0) is 26.6. The van der Waals surface area contributed by atoms with Crippen molar-refractivity contribution in [2.75, 3.05) is 0 Å². The Bertz CT molecular complexity index is 800. The van der Waals surface area contributed by atoms with Crippen LogP contribution in [0.1, 0.15) is 46.0 Å². The summed E-state index contributed by atoms with van der Waals surface area (Å²) in [4.78, 5) is 81.7. The SMILES string of the molecule is CC(C)C(NC(=O)C(CCC(=O)O)NC(=O)C(CCC(=O)O)NC(=O)C(N)CC(N)=O)C(=O)O. The van der Waals surface area contributed by atoms with E-state index in [1.54, 1.807) is 0 Å². The second kappa shape index (κ2) is 14.4. The molecule has 0 aromatic rings. The van der Waals surface area contributed by atoms with Gasteiger partial charge in [-0.3, -0.25) is 28.8 Å². The van der Waals surface area contributed by atoms with Crippen molar-refractivity contribution in [1.29, 1.82) is 0 Å². The summed E-state index contributed by atoms with van der Waals surface area (Å²) in [5, 5.41) is 33.7. The molecule has 0 fully saturated rings. The number of amides is 4. The number of nitrogens with one attached hydrogen (secondary N) is 3. The van der Waals surface area contributed by atoms with Crippen molar-refractivity contribution < 1.29 is 48.9 Å². The summed E-state index contributed by atoms with van der Waals surface area (Å²) in [6.07, 6.45) is -2.52. The van der Waals surface area contributed by atoms with Crippen LogP contribution in [0.2, 0.25) is 0 Å².